The zero-order valence-electron chi connectivity index (χ0n) is 20.8. The summed E-state index contributed by atoms with van der Waals surface area (Å²) in [6.07, 6.45) is 0. The van der Waals surface area contributed by atoms with Crippen LogP contribution in [0.4, 0.5) is 32.3 Å². The number of aryl methyl sites for hydroxylation is 1. The molecule has 1 aliphatic rings. The van der Waals surface area contributed by atoms with Crippen molar-refractivity contribution in [2.45, 2.75) is 13.5 Å². The third-order valence-electron chi connectivity index (χ3n) is 6.22. The number of benzene rings is 3. The van der Waals surface area contributed by atoms with Crippen molar-refractivity contribution in [1.29, 1.82) is 0 Å². The van der Waals surface area contributed by atoms with E-state index in [0.29, 0.717) is 59.6 Å². The first kappa shape index (κ1) is 26.1. The number of aliphatic hydroxyl groups excluding tert-OH is 1. The Labute approximate surface area is 221 Å². The van der Waals surface area contributed by atoms with E-state index in [1.807, 2.05) is 43.3 Å². The largest absolute Gasteiger partial charge is 0.494 e. The molecule has 0 aliphatic carbocycles. The molecule has 0 spiro atoms. The normalized spacial score (nSPS) is 13.2. The van der Waals surface area contributed by atoms with Gasteiger partial charge in [-0.15, -0.1) is 0 Å². The summed E-state index contributed by atoms with van der Waals surface area (Å²) in [4.78, 5) is 29.2. The van der Waals surface area contributed by atoms with E-state index >= 15 is 0 Å². The number of urea groups is 2. The summed E-state index contributed by atoms with van der Waals surface area (Å²) in [6.45, 7) is 4.08. The van der Waals surface area contributed by atoms with Gasteiger partial charge in [0.15, 0.2) is 0 Å². The number of ether oxygens (including phenoxy) is 1. The molecule has 0 bridgehead atoms. The van der Waals surface area contributed by atoms with E-state index in [1.54, 1.807) is 36.3 Å². The van der Waals surface area contributed by atoms with Crippen molar-refractivity contribution in [3.8, 4) is 5.75 Å². The molecule has 1 fully saturated rings. The number of methoxy groups -OCH3 is 1. The van der Waals surface area contributed by atoms with Gasteiger partial charge in [-0.3, -0.25) is 0 Å². The number of carbonyl (C=O) groups is 2. The Morgan fingerprint density at radius 3 is 2.32 bits per heavy atom. The first-order chi connectivity index (χ1) is 17.9. The average Bonchev–Trinajstić information content (AvgIpc) is 2.90. The molecule has 4 amide bonds. The number of rotatable bonds is 6. The second-order valence-corrected chi connectivity index (χ2v) is 9.03. The lowest BCUT2D eigenvalue weighted by atomic mass is 10.2. The van der Waals surface area contributed by atoms with Gasteiger partial charge in [0.1, 0.15) is 5.75 Å². The molecule has 1 saturated heterocycles. The highest BCUT2D eigenvalue weighted by Crippen LogP contribution is 2.29. The molecule has 37 heavy (non-hydrogen) atoms. The monoisotopic (exact) mass is 523 g/mol. The quantitative estimate of drug-likeness (QED) is 0.357. The summed E-state index contributed by atoms with van der Waals surface area (Å²) in [5.41, 5.74) is 4.19. The molecule has 3 aromatic carbocycles. The number of para-hydroxylation sites is 2. The standard InChI is InChI=1S/C27H30ClN5O4/c1-18-5-3-8-23(25(18)37-2)30-26(35)29-20-9-11-21(12-10-20)32-13-15-33(16-14-32)27(36)31-24-19(17-34)6-4-7-22(24)28/h3-12,34H,13-17H2,1-2H3,(H,31,36)(H2,29,30,35). The maximum absolute atomic E-state index is 12.8. The van der Waals surface area contributed by atoms with Gasteiger partial charge in [0.2, 0.25) is 0 Å². The van der Waals surface area contributed by atoms with Crippen LogP contribution in [0.15, 0.2) is 60.7 Å². The molecule has 0 radical (unpaired) electrons. The Hall–Kier alpha value is -3.95. The molecule has 9 nitrogen and oxygen atoms in total. The number of anilines is 4. The van der Waals surface area contributed by atoms with Gasteiger partial charge in [-0.25, -0.2) is 9.59 Å². The van der Waals surface area contributed by atoms with Crippen LogP contribution in [0.3, 0.4) is 0 Å². The van der Waals surface area contributed by atoms with E-state index in [2.05, 4.69) is 20.9 Å². The lowest BCUT2D eigenvalue weighted by Gasteiger charge is -2.36. The zero-order valence-corrected chi connectivity index (χ0v) is 21.5. The Bertz CT molecular complexity index is 1260. The minimum Gasteiger partial charge on any atom is -0.494 e. The maximum Gasteiger partial charge on any atom is 0.323 e. The van der Waals surface area contributed by atoms with Crippen molar-refractivity contribution in [1.82, 2.24) is 4.90 Å². The fourth-order valence-corrected chi connectivity index (χ4v) is 4.50. The average molecular weight is 524 g/mol. The number of halogens is 1. The van der Waals surface area contributed by atoms with E-state index in [0.717, 1.165) is 11.3 Å². The molecule has 3 aromatic rings. The first-order valence-electron chi connectivity index (χ1n) is 11.9. The summed E-state index contributed by atoms with van der Waals surface area (Å²) in [6, 6.07) is 17.6. The molecular formula is C27H30ClN5O4. The van der Waals surface area contributed by atoms with Crippen LogP contribution in [-0.2, 0) is 6.61 Å². The number of carbonyl (C=O) groups excluding carboxylic acids is 2. The van der Waals surface area contributed by atoms with Gasteiger partial charge in [-0.05, 0) is 48.9 Å². The van der Waals surface area contributed by atoms with Crippen LogP contribution in [0, 0.1) is 6.92 Å². The molecule has 1 heterocycles. The molecule has 0 aromatic heterocycles. The molecule has 0 atom stereocenters. The first-order valence-corrected chi connectivity index (χ1v) is 12.3. The predicted molar refractivity (Wildman–Crippen MR) is 147 cm³/mol. The number of nitrogens with one attached hydrogen (secondary N) is 3. The highest BCUT2D eigenvalue weighted by Gasteiger charge is 2.22. The van der Waals surface area contributed by atoms with Crippen molar-refractivity contribution in [3.05, 3.63) is 76.8 Å². The van der Waals surface area contributed by atoms with Crippen molar-refractivity contribution < 1.29 is 19.4 Å². The molecule has 4 rings (SSSR count). The van der Waals surface area contributed by atoms with E-state index in [9.17, 15) is 14.7 Å². The summed E-state index contributed by atoms with van der Waals surface area (Å²) in [5, 5.41) is 18.4. The van der Waals surface area contributed by atoms with Gasteiger partial charge >= 0.3 is 12.1 Å². The second kappa shape index (κ2) is 11.9. The van der Waals surface area contributed by atoms with Gasteiger partial charge < -0.3 is 35.6 Å². The van der Waals surface area contributed by atoms with Gasteiger partial charge in [0, 0.05) is 43.1 Å². The van der Waals surface area contributed by atoms with Gasteiger partial charge in [-0.2, -0.15) is 0 Å². The molecule has 1 aliphatic heterocycles. The Balaban J connectivity index is 1.30. The number of nitrogens with zero attached hydrogens (tertiary/aromatic N) is 2. The Kier molecular flexibility index (Phi) is 8.37. The number of aliphatic hydroxyl groups is 1. The van der Waals surface area contributed by atoms with Crippen molar-refractivity contribution in [3.63, 3.8) is 0 Å². The lowest BCUT2D eigenvalue weighted by molar-refractivity contribution is 0.208. The number of hydrogen-bond acceptors (Lipinski definition) is 5. The Morgan fingerprint density at radius 2 is 1.65 bits per heavy atom. The smallest absolute Gasteiger partial charge is 0.323 e. The van der Waals surface area contributed by atoms with Crippen LogP contribution in [0.5, 0.6) is 5.75 Å². The molecule has 0 saturated carbocycles. The molecule has 0 unspecified atom stereocenters. The fraction of sp³-hybridized carbons (Fsp3) is 0.259. The zero-order chi connectivity index (χ0) is 26.4. The van der Waals surface area contributed by atoms with E-state index in [1.165, 1.54) is 0 Å². The molecule has 10 heteroatoms. The van der Waals surface area contributed by atoms with Crippen LogP contribution in [0.1, 0.15) is 11.1 Å². The number of piperazine rings is 1. The van der Waals surface area contributed by atoms with E-state index < -0.39 is 0 Å². The molecule has 4 N–H and O–H groups in total. The van der Waals surface area contributed by atoms with Crippen molar-refractivity contribution in [2.75, 3.05) is 54.1 Å². The molecule has 194 valence electrons. The number of amides is 4. The van der Waals surface area contributed by atoms with Crippen molar-refractivity contribution in [2.24, 2.45) is 0 Å². The summed E-state index contributed by atoms with van der Waals surface area (Å²) in [5.74, 6) is 0.626. The third-order valence-corrected chi connectivity index (χ3v) is 6.54. The highest BCUT2D eigenvalue weighted by molar-refractivity contribution is 6.33. The minimum absolute atomic E-state index is 0.212. The lowest BCUT2D eigenvalue weighted by Crippen LogP contribution is -2.50. The predicted octanol–water partition coefficient (Wildman–Crippen LogP) is 5.15. The van der Waals surface area contributed by atoms with Gasteiger partial charge in [0.25, 0.3) is 0 Å². The van der Waals surface area contributed by atoms with Gasteiger partial charge in [0.05, 0.1) is 30.1 Å². The summed E-state index contributed by atoms with van der Waals surface area (Å²) < 4.78 is 5.39. The van der Waals surface area contributed by atoms with Crippen LogP contribution in [-0.4, -0.2) is 55.4 Å². The van der Waals surface area contributed by atoms with Crippen molar-refractivity contribution >= 4 is 46.4 Å². The van der Waals surface area contributed by atoms with E-state index in [4.69, 9.17) is 16.3 Å². The topological polar surface area (TPSA) is 106 Å². The van der Waals surface area contributed by atoms with Gasteiger partial charge in [-0.1, -0.05) is 35.9 Å². The number of hydrogen-bond donors (Lipinski definition) is 4. The molecular weight excluding hydrogens is 494 g/mol. The minimum atomic E-state index is -0.362. The Morgan fingerprint density at radius 1 is 0.946 bits per heavy atom. The van der Waals surface area contributed by atoms with Crippen LogP contribution >= 0.6 is 11.6 Å². The van der Waals surface area contributed by atoms with Crippen LogP contribution in [0.2, 0.25) is 5.02 Å². The maximum atomic E-state index is 12.8. The third kappa shape index (κ3) is 6.25. The summed E-state index contributed by atoms with van der Waals surface area (Å²) in [7, 11) is 1.57. The van der Waals surface area contributed by atoms with Crippen LogP contribution in [0.25, 0.3) is 0 Å². The second-order valence-electron chi connectivity index (χ2n) is 8.62. The van der Waals surface area contributed by atoms with E-state index in [-0.39, 0.29) is 18.7 Å². The van der Waals surface area contributed by atoms with Crippen LogP contribution < -0.4 is 25.6 Å². The summed E-state index contributed by atoms with van der Waals surface area (Å²) >= 11 is 6.21. The SMILES string of the molecule is COc1c(C)cccc1NC(=O)Nc1ccc(N2CCN(C(=O)Nc3c(Cl)cccc3CO)CC2)cc1. The fourth-order valence-electron chi connectivity index (χ4n) is 4.26. The highest BCUT2D eigenvalue weighted by atomic mass is 35.5.